The number of anilines is 1. The number of amides is 1. The molecule has 0 aliphatic heterocycles. The number of para-hydroxylation sites is 1. The molecule has 0 radical (unpaired) electrons. The van der Waals surface area contributed by atoms with Crippen LogP contribution in [0.4, 0.5) is 5.69 Å². The summed E-state index contributed by atoms with van der Waals surface area (Å²) in [6.07, 6.45) is 0.868. The third kappa shape index (κ3) is 5.23. The average molecular weight is 349 g/mol. The van der Waals surface area contributed by atoms with Crippen molar-refractivity contribution in [2.45, 2.75) is 13.3 Å². The maximum atomic E-state index is 12.3. The van der Waals surface area contributed by atoms with E-state index in [2.05, 4.69) is 10.6 Å². The van der Waals surface area contributed by atoms with Gasteiger partial charge in [-0.25, -0.2) is 0 Å². The lowest BCUT2D eigenvalue weighted by atomic mass is 10.2. The lowest BCUT2D eigenvalue weighted by molar-refractivity contribution is 0.0973. The molecule has 0 aliphatic rings. The number of hydrogen-bond acceptors (Lipinski definition) is 3. The largest absolute Gasteiger partial charge is 0.493 e. The first-order valence-corrected chi connectivity index (χ1v) is 7.98. The smallest absolute Gasteiger partial charge is 0.261 e. The molecule has 0 unspecified atom stereocenters. The molecule has 120 valence electrons. The maximum absolute atomic E-state index is 12.3. The molecule has 2 aromatic carbocycles. The molecule has 23 heavy (non-hydrogen) atoms. The van der Waals surface area contributed by atoms with Gasteiger partial charge in [0.25, 0.3) is 5.91 Å². The second-order valence-electron chi connectivity index (χ2n) is 4.76. The van der Waals surface area contributed by atoms with Gasteiger partial charge in [0.2, 0.25) is 0 Å². The Kier molecular flexibility index (Phi) is 6.38. The first kappa shape index (κ1) is 17.2. The molecule has 0 saturated heterocycles. The Labute approximate surface area is 145 Å². The molecule has 2 aromatic rings. The average Bonchev–Trinajstić information content (AvgIpc) is 2.55. The number of nitrogens with one attached hydrogen (secondary N) is 2. The third-order valence-electron chi connectivity index (χ3n) is 2.92. The van der Waals surface area contributed by atoms with Gasteiger partial charge in [-0.3, -0.25) is 10.1 Å². The molecule has 2 rings (SSSR count). The van der Waals surface area contributed by atoms with Crippen molar-refractivity contribution in [1.29, 1.82) is 0 Å². The van der Waals surface area contributed by atoms with Crippen molar-refractivity contribution in [2.24, 2.45) is 0 Å². The predicted octanol–water partition coefficient (Wildman–Crippen LogP) is 4.26. The van der Waals surface area contributed by atoms with Gasteiger partial charge in [-0.15, -0.1) is 0 Å². The second-order valence-corrected chi connectivity index (χ2v) is 5.60. The summed E-state index contributed by atoms with van der Waals surface area (Å²) >= 11 is 11.0. The van der Waals surface area contributed by atoms with Crippen LogP contribution in [0.5, 0.6) is 5.75 Å². The van der Waals surface area contributed by atoms with E-state index >= 15 is 0 Å². The number of carbonyl (C=O) groups excluding carboxylic acids is 1. The minimum Gasteiger partial charge on any atom is -0.493 e. The van der Waals surface area contributed by atoms with E-state index in [-0.39, 0.29) is 11.0 Å². The van der Waals surface area contributed by atoms with Crippen molar-refractivity contribution in [3.8, 4) is 5.75 Å². The number of thiocarbonyl (C=S) groups is 1. The van der Waals surface area contributed by atoms with E-state index in [0.717, 1.165) is 12.1 Å². The summed E-state index contributed by atoms with van der Waals surface area (Å²) in [6.45, 7) is 2.56. The fraction of sp³-hybridized carbons (Fsp3) is 0.176. The third-order valence-corrected chi connectivity index (χ3v) is 3.38. The molecular weight excluding hydrogens is 332 g/mol. The van der Waals surface area contributed by atoms with Crippen LogP contribution in [0.2, 0.25) is 5.02 Å². The lowest BCUT2D eigenvalue weighted by Gasteiger charge is -2.12. The fourth-order valence-electron chi connectivity index (χ4n) is 1.86. The maximum Gasteiger partial charge on any atom is 0.261 e. The summed E-state index contributed by atoms with van der Waals surface area (Å²) in [7, 11) is 0. The SMILES string of the molecule is CCCOc1ccccc1C(=O)NC(=S)Nc1ccc(Cl)cc1. The van der Waals surface area contributed by atoms with Crippen LogP contribution in [0.3, 0.4) is 0 Å². The minimum atomic E-state index is -0.317. The van der Waals surface area contributed by atoms with E-state index in [1.807, 2.05) is 13.0 Å². The van der Waals surface area contributed by atoms with Crippen LogP contribution in [0.15, 0.2) is 48.5 Å². The van der Waals surface area contributed by atoms with Crippen LogP contribution >= 0.6 is 23.8 Å². The molecule has 4 nitrogen and oxygen atoms in total. The molecule has 0 spiro atoms. The Balaban J connectivity index is 2.01. The normalized spacial score (nSPS) is 10.0. The van der Waals surface area contributed by atoms with Crippen LogP contribution in [0.1, 0.15) is 23.7 Å². The van der Waals surface area contributed by atoms with Crippen LogP contribution in [-0.4, -0.2) is 17.6 Å². The second kappa shape index (κ2) is 8.50. The predicted molar refractivity (Wildman–Crippen MR) is 97.4 cm³/mol. The number of rotatable bonds is 5. The van der Waals surface area contributed by atoms with Crippen LogP contribution < -0.4 is 15.4 Å². The van der Waals surface area contributed by atoms with Crippen LogP contribution in [-0.2, 0) is 0 Å². The zero-order valence-corrected chi connectivity index (χ0v) is 14.2. The summed E-state index contributed by atoms with van der Waals surface area (Å²) in [5.74, 6) is 0.226. The highest BCUT2D eigenvalue weighted by molar-refractivity contribution is 7.80. The van der Waals surface area contributed by atoms with E-state index in [9.17, 15) is 4.79 Å². The molecule has 0 atom stereocenters. The highest BCUT2D eigenvalue weighted by Gasteiger charge is 2.13. The Morgan fingerprint density at radius 1 is 1.17 bits per heavy atom. The van der Waals surface area contributed by atoms with Crippen molar-refractivity contribution in [2.75, 3.05) is 11.9 Å². The molecule has 0 aliphatic carbocycles. The van der Waals surface area contributed by atoms with Crippen molar-refractivity contribution < 1.29 is 9.53 Å². The van der Waals surface area contributed by atoms with E-state index in [1.165, 1.54) is 0 Å². The minimum absolute atomic E-state index is 0.211. The number of hydrogen-bond donors (Lipinski definition) is 2. The first-order chi connectivity index (χ1) is 11.1. The Morgan fingerprint density at radius 3 is 2.57 bits per heavy atom. The van der Waals surface area contributed by atoms with Gasteiger partial charge in [-0.2, -0.15) is 0 Å². The van der Waals surface area contributed by atoms with Gasteiger partial charge in [-0.1, -0.05) is 30.7 Å². The van der Waals surface area contributed by atoms with Gasteiger partial charge in [0.1, 0.15) is 5.75 Å². The van der Waals surface area contributed by atoms with E-state index in [1.54, 1.807) is 42.5 Å². The molecule has 0 heterocycles. The quantitative estimate of drug-likeness (QED) is 0.793. The number of halogens is 1. The van der Waals surface area contributed by atoms with Crippen molar-refractivity contribution in [3.05, 3.63) is 59.1 Å². The van der Waals surface area contributed by atoms with Gasteiger partial charge >= 0.3 is 0 Å². The Bertz CT molecular complexity index is 689. The summed E-state index contributed by atoms with van der Waals surface area (Å²) in [5, 5.41) is 6.42. The Morgan fingerprint density at radius 2 is 1.87 bits per heavy atom. The Hall–Kier alpha value is -2.11. The summed E-state index contributed by atoms with van der Waals surface area (Å²) in [5.41, 5.74) is 1.19. The zero-order valence-electron chi connectivity index (χ0n) is 12.6. The molecule has 6 heteroatoms. The van der Waals surface area contributed by atoms with Gasteiger partial charge in [0, 0.05) is 10.7 Å². The lowest BCUT2D eigenvalue weighted by Crippen LogP contribution is -2.34. The molecule has 0 saturated carbocycles. The van der Waals surface area contributed by atoms with Crippen LogP contribution in [0, 0.1) is 0 Å². The molecule has 1 amide bonds. The topological polar surface area (TPSA) is 50.4 Å². The number of benzene rings is 2. The molecule has 0 bridgehead atoms. The number of carbonyl (C=O) groups is 1. The van der Waals surface area contributed by atoms with Gasteiger partial charge < -0.3 is 10.1 Å². The highest BCUT2D eigenvalue weighted by atomic mass is 35.5. The molecule has 0 aromatic heterocycles. The van der Waals surface area contributed by atoms with E-state index < -0.39 is 0 Å². The van der Waals surface area contributed by atoms with Gasteiger partial charge in [-0.05, 0) is 55.0 Å². The highest BCUT2D eigenvalue weighted by Crippen LogP contribution is 2.18. The molecule has 0 fully saturated rings. The van der Waals surface area contributed by atoms with Gasteiger partial charge in [0.05, 0.1) is 12.2 Å². The zero-order chi connectivity index (χ0) is 16.7. The summed E-state index contributed by atoms with van der Waals surface area (Å²) in [6, 6.07) is 14.1. The van der Waals surface area contributed by atoms with E-state index in [0.29, 0.717) is 22.9 Å². The van der Waals surface area contributed by atoms with E-state index in [4.69, 9.17) is 28.6 Å². The fourth-order valence-corrected chi connectivity index (χ4v) is 2.19. The van der Waals surface area contributed by atoms with Gasteiger partial charge in [0.15, 0.2) is 5.11 Å². The number of ether oxygens (including phenoxy) is 1. The van der Waals surface area contributed by atoms with Crippen molar-refractivity contribution in [3.63, 3.8) is 0 Å². The summed E-state index contributed by atoms with van der Waals surface area (Å²) in [4.78, 5) is 12.3. The summed E-state index contributed by atoms with van der Waals surface area (Å²) < 4.78 is 5.58. The monoisotopic (exact) mass is 348 g/mol. The molecule has 2 N–H and O–H groups in total. The van der Waals surface area contributed by atoms with Crippen molar-refractivity contribution >= 4 is 40.5 Å². The van der Waals surface area contributed by atoms with Crippen LogP contribution in [0.25, 0.3) is 0 Å². The first-order valence-electron chi connectivity index (χ1n) is 7.20. The van der Waals surface area contributed by atoms with Crippen molar-refractivity contribution in [1.82, 2.24) is 5.32 Å². The molecular formula is C17H17ClN2O2S. The standard InChI is InChI=1S/C17H17ClN2O2S/c1-2-11-22-15-6-4-3-5-14(15)16(21)20-17(23)19-13-9-7-12(18)8-10-13/h3-10H,2,11H2,1H3,(H2,19,20,21,23).